The number of aliphatic imine (C=N–C) groups is 1. The Kier molecular flexibility index (Phi) is 3.28. The van der Waals surface area contributed by atoms with Gasteiger partial charge in [-0.3, -0.25) is 0 Å². The van der Waals surface area contributed by atoms with E-state index in [-0.39, 0.29) is 0 Å². The van der Waals surface area contributed by atoms with E-state index in [0.717, 1.165) is 18.9 Å². The molecule has 0 bridgehead atoms. The van der Waals surface area contributed by atoms with E-state index < -0.39 is 0 Å². The molecule has 1 aromatic rings. The van der Waals surface area contributed by atoms with Gasteiger partial charge >= 0.3 is 0 Å². The molecule has 2 rings (SSSR count). The molecule has 0 saturated carbocycles. The summed E-state index contributed by atoms with van der Waals surface area (Å²) in [6, 6.07) is 8.89. The van der Waals surface area contributed by atoms with E-state index in [9.17, 15) is 0 Å². The van der Waals surface area contributed by atoms with Crippen molar-refractivity contribution in [3.8, 4) is 0 Å². The fraction of sp³-hybridized carbons (Fsp3) is 0.500. The molecule has 0 aromatic heterocycles. The fourth-order valence-electron chi connectivity index (χ4n) is 1.76. The number of rotatable bonds is 3. The predicted molar refractivity (Wildman–Crippen MR) is 66.9 cm³/mol. The van der Waals surface area contributed by atoms with Gasteiger partial charge in [0.1, 0.15) is 6.61 Å². The number of ether oxygens (including phenoxy) is 1. The summed E-state index contributed by atoms with van der Waals surface area (Å²) >= 11 is 0. The van der Waals surface area contributed by atoms with Gasteiger partial charge in [-0.2, -0.15) is 0 Å². The Balaban J connectivity index is 2.01. The molecule has 0 saturated heterocycles. The molecule has 0 spiro atoms. The number of benzene rings is 1. The molecule has 1 atom stereocenters. The third-order valence-electron chi connectivity index (χ3n) is 2.98. The number of aryl methyl sites for hydroxylation is 1. The van der Waals surface area contributed by atoms with Crippen LogP contribution in [0.3, 0.4) is 0 Å². The summed E-state index contributed by atoms with van der Waals surface area (Å²) in [5.41, 5.74) is 2.56. The van der Waals surface area contributed by atoms with Crippen LogP contribution in [0.4, 0.5) is 0 Å². The second-order valence-corrected chi connectivity index (χ2v) is 4.81. The van der Waals surface area contributed by atoms with Gasteiger partial charge in [0.2, 0.25) is 0 Å². The summed E-state index contributed by atoms with van der Waals surface area (Å²) in [6.07, 6.45) is 0.823. The van der Waals surface area contributed by atoms with Crippen LogP contribution in [0.5, 0.6) is 0 Å². The monoisotopic (exact) mass is 217 g/mol. The zero-order valence-corrected chi connectivity index (χ0v) is 10.2. The van der Waals surface area contributed by atoms with Crippen molar-refractivity contribution in [2.24, 2.45) is 10.9 Å². The Labute approximate surface area is 97.4 Å². The van der Waals surface area contributed by atoms with Gasteiger partial charge < -0.3 is 4.74 Å². The molecule has 1 heterocycles. The van der Waals surface area contributed by atoms with Gasteiger partial charge in [0.15, 0.2) is 5.90 Å². The Bertz CT molecular complexity index is 378. The zero-order chi connectivity index (χ0) is 11.5. The smallest absolute Gasteiger partial charge is 0.188 e. The molecule has 0 radical (unpaired) electrons. The van der Waals surface area contributed by atoms with Crippen molar-refractivity contribution in [1.82, 2.24) is 0 Å². The first-order chi connectivity index (χ1) is 7.65. The molecular weight excluding hydrogens is 198 g/mol. The lowest BCUT2D eigenvalue weighted by molar-refractivity contribution is 0.287. The van der Waals surface area contributed by atoms with Gasteiger partial charge in [0.25, 0.3) is 0 Å². The van der Waals surface area contributed by atoms with Crippen molar-refractivity contribution in [3.63, 3.8) is 0 Å². The Hall–Kier alpha value is -1.31. The van der Waals surface area contributed by atoms with E-state index in [1.54, 1.807) is 0 Å². The lowest BCUT2D eigenvalue weighted by atomic mass is 10.1. The summed E-state index contributed by atoms with van der Waals surface area (Å²) in [5.74, 6) is 1.46. The lowest BCUT2D eigenvalue weighted by Crippen LogP contribution is -2.13. The highest BCUT2D eigenvalue weighted by Gasteiger charge is 2.21. The van der Waals surface area contributed by atoms with Crippen LogP contribution in [0.1, 0.15) is 25.0 Å². The third kappa shape index (κ3) is 2.63. The van der Waals surface area contributed by atoms with Crippen LogP contribution in [0.2, 0.25) is 0 Å². The van der Waals surface area contributed by atoms with Crippen LogP contribution < -0.4 is 0 Å². The van der Waals surface area contributed by atoms with Gasteiger partial charge in [-0.1, -0.05) is 43.7 Å². The molecule has 0 unspecified atom stereocenters. The second kappa shape index (κ2) is 4.69. The molecule has 0 fully saturated rings. The predicted octanol–water partition coefficient (Wildman–Crippen LogP) is 2.99. The highest BCUT2D eigenvalue weighted by Crippen LogP contribution is 2.16. The molecule has 1 aliphatic heterocycles. The molecule has 1 aromatic carbocycles. The first kappa shape index (κ1) is 11.2. The van der Waals surface area contributed by atoms with Gasteiger partial charge in [-0.25, -0.2) is 4.99 Å². The minimum Gasteiger partial charge on any atom is -0.478 e. The minimum absolute atomic E-state index is 0.348. The van der Waals surface area contributed by atoms with Crippen LogP contribution in [0.15, 0.2) is 29.3 Å². The summed E-state index contributed by atoms with van der Waals surface area (Å²) in [5, 5.41) is 0. The largest absolute Gasteiger partial charge is 0.478 e. The molecule has 0 aliphatic carbocycles. The van der Waals surface area contributed by atoms with E-state index in [1.165, 1.54) is 11.1 Å². The molecular formula is C14H19NO. The van der Waals surface area contributed by atoms with Crippen molar-refractivity contribution in [2.75, 3.05) is 6.61 Å². The molecule has 0 amide bonds. The quantitative estimate of drug-likeness (QED) is 0.762. The molecule has 0 N–H and O–H groups in total. The summed E-state index contributed by atoms with van der Waals surface area (Å²) < 4.78 is 5.61. The summed E-state index contributed by atoms with van der Waals surface area (Å²) in [4.78, 5) is 4.60. The average Bonchev–Trinajstić information content (AvgIpc) is 2.70. The summed E-state index contributed by atoms with van der Waals surface area (Å²) in [6.45, 7) is 7.22. The molecule has 16 heavy (non-hydrogen) atoms. The Morgan fingerprint density at radius 1 is 1.31 bits per heavy atom. The normalized spacial score (nSPS) is 19.8. The SMILES string of the molecule is Cc1ccc(CC2=N[C@H](C(C)C)CO2)cc1. The molecule has 2 nitrogen and oxygen atoms in total. The van der Waals surface area contributed by atoms with E-state index in [4.69, 9.17) is 4.74 Å². The maximum absolute atomic E-state index is 5.61. The number of hydrogen-bond donors (Lipinski definition) is 0. The maximum atomic E-state index is 5.61. The second-order valence-electron chi connectivity index (χ2n) is 4.81. The van der Waals surface area contributed by atoms with Crippen LogP contribution in [-0.4, -0.2) is 18.5 Å². The van der Waals surface area contributed by atoms with E-state index in [2.05, 4.69) is 50.0 Å². The van der Waals surface area contributed by atoms with Crippen molar-refractivity contribution >= 4 is 5.90 Å². The van der Waals surface area contributed by atoms with Gasteiger partial charge in [0, 0.05) is 6.42 Å². The minimum atomic E-state index is 0.348. The number of hydrogen-bond acceptors (Lipinski definition) is 2. The third-order valence-corrected chi connectivity index (χ3v) is 2.98. The molecule has 1 aliphatic rings. The topological polar surface area (TPSA) is 21.6 Å². The van der Waals surface area contributed by atoms with Crippen LogP contribution >= 0.6 is 0 Å². The Morgan fingerprint density at radius 3 is 2.56 bits per heavy atom. The zero-order valence-electron chi connectivity index (χ0n) is 10.2. The molecule has 2 heteroatoms. The average molecular weight is 217 g/mol. The van der Waals surface area contributed by atoms with Gasteiger partial charge in [-0.15, -0.1) is 0 Å². The first-order valence-corrected chi connectivity index (χ1v) is 5.90. The van der Waals surface area contributed by atoms with Crippen molar-refractivity contribution in [1.29, 1.82) is 0 Å². The van der Waals surface area contributed by atoms with Crippen molar-refractivity contribution in [2.45, 2.75) is 33.2 Å². The standard InChI is InChI=1S/C14H19NO/c1-10(2)13-9-16-14(15-13)8-12-6-4-11(3)5-7-12/h4-7,10,13H,8-9H2,1-3H3/t13-/m0/s1. The highest BCUT2D eigenvalue weighted by molar-refractivity contribution is 5.80. The van der Waals surface area contributed by atoms with Gasteiger partial charge in [-0.05, 0) is 18.4 Å². The van der Waals surface area contributed by atoms with Crippen LogP contribution in [-0.2, 0) is 11.2 Å². The van der Waals surface area contributed by atoms with Crippen LogP contribution in [0.25, 0.3) is 0 Å². The highest BCUT2D eigenvalue weighted by atomic mass is 16.5. The lowest BCUT2D eigenvalue weighted by Gasteiger charge is -2.06. The molecule has 86 valence electrons. The number of nitrogens with zero attached hydrogens (tertiary/aromatic N) is 1. The maximum Gasteiger partial charge on any atom is 0.188 e. The first-order valence-electron chi connectivity index (χ1n) is 5.90. The van der Waals surface area contributed by atoms with Crippen molar-refractivity contribution in [3.05, 3.63) is 35.4 Å². The Morgan fingerprint density at radius 2 is 2.00 bits per heavy atom. The van der Waals surface area contributed by atoms with E-state index >= 15 is 0 Å². The van der Waals surface area contributed by atoms with E-state index in [1.807, 2.05) is 0 Å². The fourth-order valence-corrected chi connectivity index (χ4v) is 1.76. The van der Waals surface area contributed by atoms with Crippen LogP contribution in [0, 0.1) is 12.8 Å². The van der Waals surface area contributed by atoms with Gasteiger partial charge in [0.05, 0.1) is 6.04 Å². The van der Waals surface area contributed by atoms with Crippen molar-refractivity contribution < 1.29 is 4.74 Å². The summed E-state index contributed by atoms with van der Waals surface area (Å²) in [7, 11) is 0. The van der Waals surface area contributed by atoms with E-state index in [0.29, 0.717) is 12.0 Å².